The van der Waals surface area contributed by atoms with Crippen LogP contribution in [0.25, 0.3) is 0 Å². The third-order valence-corrected chi connectivity index (χ3v) is 0.762. The lowest BCUT2D eigenvalue weighted by molar-refractivity contribution is -0.138. The Morgan fingerprint density at radius 1 is 1.88 bits per heavy atom. The molecule has 8 heavy (non-hydrogen) atoms. The third kappa shape index (κ3) is 2.34. The lowest BCUT2D eigenvalue weighted by Crippen LogP contribution is -2.09. The van der Waals surface area contributed by atoms with Crippen LogP contribution in [0.4, 0.5) is 0 Å². The van der Waals surface area contributed by atoms with Crippen LogP contribution in [0.1, 0.15) is 6.92 Å². The van der Waals surface area contributed by atoms with Gasteiger partial charge in [-0.2, -0.15) is 0 Å². The molecule has 0 saturated carbocycles. The van der Waals surface area contributed by atoms with Crippen molar-refractivity contribution >= 4 is 12.2 Å². The molecule has 3 heteroatoms. The largest absolute Gasteiger partial charge is 0.481 e. The molecule has 0 bridgehead atoms. The summed E-state index contributed by atoms with van der Waals surface area (Å²) in [5.41, 5.74) is 0. The second kappa shape index (κ2) is 3.18. The number of carboxylic acids is 1. The predicted octanol–water partition coefficient (Wildman–Crippen LogP) is 0.408. The second-order valence-corrected chi connectivity index (χ2v) is 1.53. The molecule has 0 fully saturated rings. The van der Waals surface area contributed by atoms with Gasteiger partial charge in [0, 0.05) is 13.3 Å². The molecule has 0 aliphatic heterocycles. The Bertz CT molecular complexity index is 109. The molecular formula is C5H9NO2. The van der Waals surface area contributed by atoms with Gasteiger partial charge in [-0.3, -0.25) is 9.79 Å². The van der Waals surface area contributed by atoms with E-state index in [1.54, 1.807) is 14.0 Å². The summed E-state index contributed by atoms with van der Waals surface area (Å²) in [5.74, 6) is -1.30. The Balaban J connectivity index is 3.64. The number of aliphatic imine (C=N–C) groups is 1. The van der Waals surface area contributed by atoms with Crippen molar-refractivity contribution in [1.29, 1.82) is 0 Å². The highest BCUT2D eigenvalue weighted by Gasteiger charge is 2.04. The molecule has 0 aliphatic carbocycles. The van der Waals surface area contributed by atoms with Crippen LogP contribution in [0.15, 0.2) is 4.99 Å². The average Bonchev–Trinajstić information content (AvgIpc) is 1.67. The molecular weight excluding hydrogens is 106 g/mol. The van der Waals surface area contributed by atoms with E-state index < -0.39 is 11.9 Å². The molecule has 1 atom stereocenters. The highest BCUT2D eigenvalue weighted by Crippen LogP contribution is 1.87. The zero-order valence-electron chi connectivity index (χ0n) is 4.96. The van der Waals surface area contributed by atoms with Crippen molar-refractivity contribution in [2.45, 2.75) is 6.92 Å². The SMILES string of the molecule is CN=CC(C)C(=O)O. The van der Waals surface area contributed by atoms with Crippen LogP contribution in [0.2, 0.25) is 0 Å². The van der Waals surface area contributed by atoms with E-state index in [9.17, 15) is 4.79 Å². The minimum atomic E-state index is -0.837. The maximum atomic E-state index is 10.00. The van der Waals surface area contributed by atoms with E-state index in [1.807, 2.05) is 0 Å². The van der Waals surface area contributed by atoms with Crippen LogP contribution >= 0.6 is 0 Å². The summed E-state index contributed by atoms with van der Waals surface area (Å²) in [6.07, 6.45) is 1.39. The van der Waals surface area contributed by atoms with Gasteiger partial charge in [-0.25, -0.2) is 0 Å². The summed E-state index contributed by atoms with van der Waals surface area (Å²) < 4.78 is 0. The van der Waals surface area contributed by atoms with E-state index >= 15 is 0 Å². The number of hydrogen-bond acceptors (Lipinski definition) is 2. The molecule has 0 rings (SSSR count). The topological polar surface area (TPSA) is 49.7 Å². The highest BCUT2D eigenvalue weighted by molar-refractivity contribution is 5.87. The van der Waals surface area contributed by atoms with Crippen molar-refractivity contribution in [3.8, 4) is 0 Å². The van der Waals surface area contributed by atoms with Crippen LogP contribution in [-0.4, -0.2) is 24.3 Å². The zero-order chi connectivity index (χ0) is 6.57. The molecule has 0 aliphatic rings. The fraction of sp³-hybridized carbons (Fsp3) is 0.600. The van der Waals surface area contributed by atoms with Crippen molar-refractivity contribution in [3.05, 3.63) is 0 Å². The van der Waals surface area contributed by atoms with E-state index in [2.05, 4.69) is 4.99 Å². The van der Waals surface area contributed by atoms with Crippen molar-refractivity contribution in [3.63, 3.8) is 0 Å². The first-order valence-corrected chi connectivity index (χ1v) is 2.33. The van der Waals surface area contributed by atoms with Gasteiger partial charge in [0.25, 0.3) is 0 Å². The van der Waals surface area contributed by atoms with Gasteiger partial charge in [-0.1, -0.05) is 0 Å². The van der Waals surface area contributed by atoms with Gasteiger partial charge in [-0.05, 0) is 6.92 Å². The Morgan fingerprint density at radius 3 is 2.50 bits per heavy atom. The average molecular weight is 115 g/mol. The third-order valence-electron chi connectivity index (χ3n) is 0.762. The Labute approximate surface area is 48.1 Å². The highest BCUT2D eigenvalue weighted by atomic mass is 16.4. The van der Waals surface area contributed by atoms with Crippen LogP contribution in [0.5, 0.6) is 0 Å². The molecule has 0 spiro atoms. The van der Waals surface area contributed by atoms with E-state index in [1.165, 1.54) is 6.21 Å². The lowest BCUT2D eigenvalue weighted by atomic mass is 10.2. The Hall–Kier alpha value is -0.860. The van der Waals surface area contributed by atoms with Gasteiger partial charge in [0.2, 0.25) is 0 Å². The summed E-state index contributed by atoms with van der Waals surface area (Å²) in [5, 5.41) is 8.22. The van der Waals surface area contributed by atoms with E-state index in [0.717, 1.165) is 0 Å². The maximum Gasteiger partial charge on any atom is 0.311 e. The first-order valence-electron chi connectivity index (χ1n) is 2.33. The standard InChI is InChI=1S/C5H9NO2/c1-4(3-6-2)5(7)8/h3-4H,1-2H3,(H,7,8). The second-order valence-electron chi connectivity index (χ2n) is 1.53. The number of carboxylic acid groups (broad SMARTS) is 1. The monoisotopic (exact) mass is 115 g/mol. The molecule has 46 valence electrons. The van der Waals surface area contributed by atoms with Gasteiger partial charge < -0.3 is 5.11 Å². The van der Waals surface area contributed by atoms with Crippen molar-refractivity contribution in [2.24, 2.45) is 10.9 Å². The number of nitrogens with zero attached hydrogens (tertiary/aromatic N) is 1. The van der Waals surface area contributed by atoms with E-state index in [4.69, 9.17) is 5.11 Å². The molecule has 1 unspecified atom stereocenters. The normalized spacial score (nSPS) is 14.2. The summed E-state index contributed by atoms with van der Waals surface area (Å²) in [6.45, 7) is 1.58. The predicted molar refractivity (Wildman–Crippen MR) is 31.2 cm³/mol. The first-order chi connectivity index (χ1) is 3.68. The summed E-state index contributed by atoms with van der Waals surface area (Å²) in [6, 6.07) is 0. The molecule has 1 N–H and O–H groups in total. The van der Waals surface area contributed by atoms with Crippen LogP contribution in [0.3, 0.4) is 0 Å². The molecule has 3 nitrogen and oxygen atoms in total. The van der Waals surface area contributed by atoms with Crippen molar-refractivity contribution < 1.29 is 9.90 Å². The molecule has 0 heterocycles. The van der Waals surface area contributed by atoms with Crippen LogP contribution in [-0.2, 0) is 4.79 Å². The van der Waals surface area contributed by atoms with Crippen LogP contribution in [0, 0.1) is 5.92 Å². The van der Waals surface area contributed by atoms with Gasteiger partial charge in [0.15, 0.2) is 0 Å². The van der Waals surface area contributed by atoms with Gasteiger partial charge in [0.05, 0.1) is 5.92 Å². The van der Waals surface area contributed by atoms with E-state index in [0.29, 0.717) is 0 Å². The van der Waals surface area contributed by atoms with Gasteiger partial charge in [0.1, 0.15) is 0 Å². The number of aliphatic carboxylic acids is 1. The van der Waals surface area contributed by atoms with E-state index in [-0.39, 0.29) is 0 Å². The minimum Gasteiger partial charge on any atom is -0.481 e. The number of hydrogen-bond donors (Lipinski definition) is 1. The molecule has 0 aromatic rings. The summed E-state index contributed by atoms with van der Waals surface area (Å²) in [7, 11) is 1.56. The maximum absolute atomic E-state index is 10.00. The molecule has 0 radical (unpaired) electrons. The molecule has 0 saturated heterocycles. The van der Waals surface area contributed by atoms with Gasteiger partial charge in [-0.15, -0.1) is 0 Å². The van der Waals surface area contributed by atoms with Crippen molar-refractivity contribution in [2.75, 3.05) is 7.05 Å². The summed E-state index contributed by atoms with van der Waals surface area (Å²) in [4.78, 5) is 13.5. The lowest BCUT2D eigenvalue weighted by Gasteiger charge is -1.92. The van der Waals surface area contributed by atoms with Crippen LogP contribution < -0.4 is 0 Å². The number of carbonyl (C=O) groups is 1. The minimum absolute atomic E-state index is 0.458. The molecule has 0 amide bonds. The van der Waals surface area contributed by atoms with Crippen molar-refractivity contribution in [1.82, 2.24) is 0 Å². The number of rotatable bonds is 2. The Kier molecular flexibility index (Phi) is 2.84. The molecule has 0 aromatic carbocycles. The molecule has 0 aromatic heterocycles. The zero-order valence-corrected chi connectivity index (χ0v) is 4.96. The Morgan fingerprint density at radius 2 is 2.38 bits per heavy atom. The summed E-state index contributed by atoms with van der Waals surface area (Å²) >= 11 is 0. The van der Waals surface area contributed by atoms with Gasteiger partial charge >= 0.3 is 5.97 Å². The first kappa shape index (κ1) is 7.14. The fourth-order valence-electron chi connectivity index (χ4n) is 0.287. The smallest absolute Gasteiger partial charge is 0.311 e. The quantitative estimate of drug-likeness (QED) is 0.530. The fourth-order valence-corrected chi connectivity index (χ4v) is 0.287.